The zero-order valence-corrected chi connectivity index (χ0v) is 13.4. The predicted octanol–water partition coefficient (Wildman–Crippen LogP) is 1.43. The van der Waals surface area contributed by atoms with E-state index in [9.17, 15) is 9.59 Å². The number of hydrogen-bond donors (Lipinski definition) is 3. The van der Waals surface area contributed by atoms with Gasteiger partial charge in [0, 0.05) is 19.8 Å². The van der Waals surface area contributed by atoms with E-state index in [0.717, 1.165) is 0 Å². The van der Waals surface area contributed by atoms with E-state index in [2.05, 4.69) is 48.7 Å². The maximum absolute atomic E-state index is 11.8. The van der Waals surface area contributed by atoms with Gasteiger partial charge in [0.2, 0.25) is 5.91 Å². The van der Waals surface area contributed by atoms with Gasteiger partial charge in [0.15, 0.2) is 0 Å². The van der Waals surface area contributed by atoms with E-state index in [1.165, 1.54) is 10.9 Å². The third-order valence-electron chi connectivity index (χ3n) is 3.74. The number of nitrogens with one attached hydrogen (secondary N) is 3. The van der Waals surface area contributed by atoms with Gasteiger partial charge in [-0.05, 0) is 11.3 Å². The first-order valence-electron chi connectivity index (χ1n) is 7.02. The van der Waals surface area contributed by atoms with Crippen molar-refractivity contribution in [2.45, 2.75) is 34.2 Å². The van der Waals surface area contributed by atoms with Crippen molar-refractivity contribution < 1.29 is 9.59 Å². The lowest BCUT2D eigenvalue weighted by atomic mass is 9.81. The SMILES string of the molecule is CNC(=O)Cn1cc(NC(=O)NCC(C)(C)C(C)C)cn1. The van der Waals surface area contributed by atoms with Crippen molar-refractivity contribution in [2.24, 2.45) is 11.3 Å². The maximum atomic E-state index is 11.8. The van der Waals surface area contributed by atoms with Crippen LogP contribution in [0.1, 0.15) is 27.7 Å². The van der Waals surface area contributed by atoms with Gasteiger partial charge in [-0.3, -0.25) is 9.48 Å². The molecule has 0 aliphatic rings. The highest BCUT2D eigenvalue weighted by Gasteiger charge is 2.22. The molecule has 0 spiro atoms. The Labute approximate surface area is 125 Å². The van der Waals surface area contributed by atoms with Crippen molar-refractivity contribution in [3.05, 3.63) is 12.4 Å². The molecule has 0 aliphatic heterocycles. The number of carbonyl (C=O) groups excluding carboxylic acids is 2. The molecule has 0 saturated heterocycles. The van der Waals surface area contributed by atoms with Gasteiger partial charge in [0.1, 0.15) is 6.54 Å². The number of likely N-dealkylation sites (N-methyl/N-ethyl adjacent to an activating group) is 1. The Balaban J connectivity index is 2.47. The second-order valence-electron chi connectivity index (χ2n) is 6.05. The summed E-state index contributed by atoms with van der Waals surface area (Å²) in [4.78, 5) is 23.0. The van der Waals surface area contributed by atoms with Crippen LogP contribution in [0.3, 0.4) is 0 Å². The van der Waals surface area contributed by atoms with Gasteiger partial charge in [-0.1, -0.05) is 27.7 Å². The lowest BCUT2D eigenvalue weighted by Gasteiger charge is -2.29. The van der Waals surface area contributed by atoms with Crippen molar-refractivity contribution in [1.29, 1.82) is 0 Å². The summed E-state index contributed by atoms with van der Waals surface area (Å²) in [5.74, 6) is 0.320. The Morgan fingerprint density at radius 1 is 1.38 bits per heavy atom. The van der Waals surface area contributed by atoms with E-state index in [-0.39, 0.29) is 23.9 Å². The molecule has 7 heteroatoms. The van der Waals surface area contributed by atoms with Crippen LogP contribution in [-0.2, 0) is 11.3 Å². The third-order valence-corrected chi connectivity index (χ3v) is 3.74. The molecular formula is C14H25N5O2. The number of hydrogen-bond acceptors (Lipinski definition) is 3. The molecule has 0 radical (unpaired) electrons. The number of urea groups is 1. The minimum atomic E-state index is -0.275. The van der Waals surface area contributed by atoms with Crippen molar-refractivity contribution in [2.75, 3.05) is 18.9 Å². The standard InChI is InChI=1S/C14H25N5O2/c1-10(2)14(3,4)9-16-13(21)18-11-6-17-19(7-11)8-12(20)15-5/h6-7,10H,8-9H2,1-5H3,(H,15,20)(H2,16,18,21). The number of anilines is 1. The average molecular weight is 295 g/mol. The van der Waals surface area contributed by atoms with Crippen molar-refractivity contribution in [3.8, 4) is 0 Å². The molecule has 1 rings (SSSR count). The molecule has 118 valence electrons. The van der Waals surface area contributed by atoms with E-state index in [4.69, 9.17) is 0 Å². The highest BCUT2D eigenvalue weighted by Crippen LogP contribution is 2.24. The summed E-state index contributed by atoms with van der Waals surface area (Å²) in [5, 5.41) is 12.1. The second-order valence-corrected chi connectivity index (χ2v) is 6.05. The number of rotatable bonds is 6. The highest BCUT2D eigenvalue weighted by molar-refractivity contribution is 5.88. The Bertz CT molecular complexity index is 493. The smallest absolute Gasteiger partial charge is 0.319 e. The quantitative estimate of drug-likeness (QED) is 0.742. The molecule has 3 amide bonds. The molecule has 21 heavy (non-hydrogen) atoms. The summed E-state index contributed by atoms with van der Waals surface area (Å²) in [6.45, 7) is 9.19. The van der Waals surface area contributed by atoms with Crippen LogP contribution in [0.2, 0.25) is 0 Å². The number of aromatic nitrogens is 2. The first kappa shape index (κ1) is 17.0. The van der Waals surface area contributed by atoms with Crippen LogP contribution in [0.4, 0.5) is 10.5 Å². The molecule has 7 nitrogen and oxygen atoms in total. The van der Waals surface area contributed by atoms with Gasteiger partial charge in [0.05, 0.1) is 11.9 Å². The van der Waals surface area contributed by atoms with Gasteiger partial charge in [-0.25, -0.2) is 4.79 Å². The Kier molecular flexibility index (Phi) is 5.75. The molecule has 1 aromatic heterocycles. The van der Waals surface area contributed by atoms with Gasteiger partial charge in [-0.15, -0.1) is 0 Å². The van der Waals surface area contributed by atoms with Crippen molar-refractivity contribution in [1.82, 2.24) is 20.4 Å². The topological polar surface area (TPSA) is 88.0 Å². The van der Waals surface area contributed by atoms with E-state index in [1.54, 1.807) is 13.2 Å². The number of nitrogens with zero attached hydrogens (tertiary/aromatic N) is 2. The van der Waals surface area contributed by atoms with Crippen LogP contribution in [0.15, 0.2) is 12.4 Å². The number of carbonyl (C=O) groups is 2. The van der Waals surface area contributed by atoms with Crippen LogP contribution < -0.4 is 16.0 Å². The summed E-state index contributed by atoms with van der Waals surface area (Å²) in [7, 11) is 1.56. The highest BCUT2D eigenvalue weighted by atomic mass is 16.2. The summed E-state index contributed by atoms with van der Waals surface area (Å²) in [6, 6.07) is -0.275. The molecule has 1 heterocycles. The molecule has 1 aromatic rings. The molecular weight excluding hydrogens is 270 g/mol. The Morgan fingerprint density at radius 2 is 2.05 bits per heavy atom. The van der Waals surface area contributed by atoms with E-state index >= 15 is 0 Å². The summed E-state index contributed by atoms with van der Waals surface area (Å²) in [6.07, 6.45) is 3.12. The van der Waals surface area contributed by atoms with E-state index < -0.39 is 0 Å². The normalized spacial score (nSPS) is 11.3. The lowest BCUT2D eigenvalue weighted by molar-refractivity contribution is -0.121. The Morgan fingerprint density at radius 3 is 2.62 bits per heavy atom. The average Bonchev–Trinajstić information content (AvgIpc) is 2.83. The largest absolute Gasteiger partial charge is 0.358 e. The lowest BCUT2D eigenvalue weighted by Crippen LogP contribution is -2.39. The summed E-state index contributed by atoms with van der Waals surface area (Å²) in [5.41, 5.74) is 0.583. The van der Waals surface area contributed by atoms with Gasteiger partial charge in [-0.2, -0.15) is 5.10 Å². The third kappa shape index (κ3) is 5.45. The predicted molar refractivity (Wildman–Crippen MR) is 81.9 cm³/mol. The monoisotopic (exact) mass is 295 g/mol. The number of amides is 3. The molecule has 0 fully saturated rings. The van der Waals surface area contributed by atoms with Crippen molar-refractivity contribution in [3.63, 3.8) is 0 Å². The van der Waals surface area contributed by atoms with Crippen LogP contribution in [-0.4, -0.2) is 35.3 Å². The zero-order valence-electron chi connectivity index (χ0n) is 13.4. The fraction of sp³-hybridized carbons (Fsp3) is 0.643. The summed E-state index contributed by atoms with van der Waals surface area (Å²) >= 11 is 0. The van der Waals surface area contributed by atoms with Crippen LogP contribution >= 0.6 is 0 Å². The molecule has 0 aromatic carbocycles. The molecule has 0 aliphatic carbocycles. The second kappa shape index (κ2) is 7.10. The fourth-order valence-corrected chi connectivity index (χ4v) is 1.43. The van der Waals surface area contributed by atoms with Gasteiger partial charge < -0.3 is 16.0 Å². The van der Waals surface area contributed by atoms with Crippen LogP contribution in [0.25, 0.3) is 0 Å². The minimum Gasteiger partial charge on any atom is -0.358 e. The fourth-order valence-electron chi connectivity index (χ4n) is 1.43. The van der Waals surface area contributed by atoms with E-state index in [0.29, 0.717) is 18.2 Å². The van der Waals surface area contributed by atoms with Crippen LogP contribution in [0.5, 0.6) is 0 Å². The maximum Gasteiger partial charge on any atom is 0.319 e. The van der Waals surface area contributed by atoms with E-state index in [1.807, 2.05) is 0 Å². The molecule has 0 unspecified atom stereocenters. The first-order valence-corrected chi connectivity index (χ1v) is 7.02. The first-order chi connectivity index (χ1) is 9.74. The zero-order chi connectivity index (χ0) is 16.0. The van der Waals surface area contributed by atoms with Gasteiger partial charge in [0.25, 0.3) is 0 Å². The molecule has 0 bridgehead atoms. The van der Waals surface area contributed by atoms with Crippen LogP contribution in [0, 0.1) is 11.3 Å². The van der Waals surface area contributed by atoms with Crippen molar-refractivity contribution >= 4 is 17.6 Å². The summed E-state index contributed by atoms with van der Waals surface area (Å²) < 4.78 is 1.46. The molecule has 3 N–H and O–H groups in total. The van der Waals surface area contributed by atoms with Gasteiger partial charge >= 0.3 is 6.03 Å². The Hall–Kier alpha value is -2.05. The molecule has 0 atom stereocenters. The minimum absolute atomic E-state index is 0.0285. The molecule has 0 saturated carbocycles.